The first-order valence-electron chi connectivity index (χ1n) is 10.6. The van der Waals surface area contributed by atoms with Gasteiger partial charge in [0.15, 0.2) is 16.9 Å². The number of nitriles is 3. The Labute approximate surface area is 183 Å². The van der Waals surface area contributed by atoms with E-state index >= 15 is 0 Å². The smallest absolute Gasteiger partial charge is 0.189 e. The van der Waals surface area contributed by atoms with E-state index in [0.717, 1.165) is 17.7 Å². The van der Waals surface area contributed by atoms with Gasteiger partial charge in [0.05, 0.1) is 56.8 Å². The summed E-state index contributed by atoms with van der Waals surface area (Å²) in [5.74, 6) is -0.465. The van der Waals surface area contributed by atoms with Crippen LogP contribution in [0.4, 0.5) is 0 Å². The predicted octanol–water partition coefficient (Wildman–Crippen LogP) is 2.23. The Balaban J connectivity index is 2.22. The third-order valence-electron chi connectivity index (χ3n) is 6.07. The minimum Gasteiger partial charge on any atom is -0.490 e. The molecule has 0 saturated heterocycles. The lowest BCUT2D eigenvalue weighted by Gasteiger charge is -2.46. The Bertz CT molecular complexity index is 1010. The van der Waals surface area contributed by atoms with Gasteiger partial charge in [0, 0.05) is 11.8 Å². The van der Waals surface area contributed by atoms with E-state index in [4.69, 9.17) is 14.9 Å². The largest absolute Gasteiger partial charge is 0.490 e. The van der Waals surface area contributed by atoms with Gasteiger partial charge in [-0.2, -0.15) is 15.8 Å². The molecule has 7 heteroatoms. The molecule has 31 heavy (non-hydrogen) atoms. The van der Waals surface area contributed by atoms with Crippen LogP contribution in [0.2, 0.25) is 0 Å². The van der Waals surface area contributed by atoms with Crippen LogP contribution in [-0.4, -0.2) is 38.6 Å². The summed E-state index contributed by atoms with van der Waals surface area (Å²) < 4.78 is 11.7. The quantitative estimate of drug-likeness (QED) is 0.711. The average Bonchev–Trinajstić information content (AvgIpc) is 2.74. The monoisotopic (exact) mass is 418 g/mol. The third-order valence-corrected chi connectivity index (χ3v) is 6.07. The van der Waals surface area contributed by atoms with Crippen molar-refractivity contribution in [2.75, 3.05) is 26.7 Å². The van der Waals surface area contributed by atoms with E-state index in [-0.39, 0.29) is 17.7 Å². The molecule has 7 nitrogen and oxygen atoms in total. The topological polar surface area (TPSA) is 118 Å². The summed E-state index contributed by atoms with van der Waals surface area (Å²) in [4.78, 5) is 1.23. The van der Waals surface area contributed by atoms with Gasteiger partial charge in [0.1, 0.15) is 5.92 Å². The molecule has 0 aromatic heterocycles. The maximum Gasteiger partial charge on any atom is 0.189 e. The number of rotatable bonds is 5. The SMILES string of the molecule is CCOc1cc([C@H]2[C@@H]3C[NH+](C)CC=C3[C@@H](C#N)C(=N)C2(C#N)C#N)ccc1OC(C)C. The summed E-state index contributed by atoms with van der Waals surface area (Å²) in [6.45, 7) is 7.63. The molecule has 3 rings (SSSR count). The Morgan fingerprint density at radius 1 is 1.23 bits per heavy atom. The van der Waals surface area contributed by atoms with Gasteiger partial charge in [-0.15, -0.1) is 0 Å². The van der Waals surface area contributed by atoms with E-state index in [1.165, 1.54) is 4.90 Å². The van der Waals surface area contributed by atoms with Crippen molar-refractivity contribution in [3.8, 4) is 29.7 Å². The van der Waals surface area contributed by atoms with Gasteiger partial charge in [0.25, 0.3) is 0 Å². The van der Waals surface area contributed by atoms with Crippen molar-refractivity contribution in [2.45, 2.75) is 32.8 Å². The lowest BCUT2D eigenvalue weighted by Crippen LogP contribution is -3.10. The van der Waals surface area contributed by atoms with Gasteiger partial charge >= 0.3 is 0 Å². The van der Waals surface area contributed by atoms with Crippen LogP contribution in [0.3, 0.4) is 0 Å². The fourth-order valence-electron chi connectivity index (χ4n) is 4.77. The van der Waals surface area contributed by atoms with E-state index in [2.05, 4.69) is 25.3 Å². The van der Waals surface area contributed by atoms with Gasteiger partial charge in [-0.3, -0.25) is 0 Å². The Hall–Kier alpha value is -3.34. The van der Waals surface area contributed by atoms with Crippen molar-refractivity contribution >= 4 is 5.71 Å². The Morgan fingerprint density at radius 3 is 2.52 bits per heavy atom. The second-order valence-electron chi connectivity index (χ2n) is 8.47. The molecule has 1 saturated carbocycles. The lowest BCUT2D eigenvalue weighted by atomic mass is 9.54. The number of quaternary nitrogens is 1. The van der Waals surface area contributed by atoms with Crippen molar-refractivity contribution in [3.63, 3.8) is 0 Å². The van der Waals surface area contributed by atoms with Gasteiger partial charge < -0.3 is 19.8 Å². The van der Waals surface area contributed by atoms with E-state index in [0.29, 0.717) is 24.7 Å². The predicted molar refractivity (Wildman–Crippen MR) is 115 cm³/mol. The van der Waals surface area contributed by atoms with Crippen LogP contribution in [0.1, 0.15) is 32.3 Å². The molecule has 2 N–H and O–H groups in total. The van der Waals surface area contributed by atoms with Crippen molar-refractivity contribution in [1.82, 2.24) is 0 Å². The second kappa shape index (κ2) is 8.80. The molecular weight excluding hydrogens is 390 g/mol. The summed E-state index contributed by atoms with van der Waals surface area (Å²) >= 11 is 0. The third kappa shape index (κ3) is 3.76. The second-order valence-corrected chi connectivity index (χ2v) is 8.47. The van der Waals surface area contributed by atoms with Crippen LogP contribution in [0, 0.1) is 56.7 Å². The van der Waals surface area contributed by atoms with Gasteiger partial charge in [0.2, 0.25) is 0 Å². The van der Waals surface area contributed by atoms with Gasteiger partial charge in [-0.25, -0.2) is 0 Å². The number of benzene rings is 1. The van der Waals surface area contributed by atoms with E-state index in [1.807, 2.05) is 45.0 Å². The van der Waals surface area contributed by atoms with Crippen molar-refractivity contribution < 1.29 is 14.4 Å². The van der Waals surface area contributed by atoms with Gasteiger partial charge in [-0.05, 0) is 50.1 Å². The summed E-state index contributed by atoms with van der Waals surface area (Å²) in [6.07, 6.45) is 1.98. The molecule has 0 amide bonds. The number of nitrogens with one attached hydrogen (secondary N) is 2. The number of hydrogen-bond acceptors (Lipinski definition) is 6. The first-order chi connectivity index (χ1) is 14.8. The molecule has 0 bridgehead atoms. The summed E-state index contributed by atoms with van der Waals surface area (Å²) in [6, 6.07) is 11.9. The van der Waals surface area contributed by atoms with Crippen LogP contribution in [0.5, 0.6) is 11.5 Å². The summed E-state index contributed by atoms with van der Waals surface area (Å²) in [5, 5.41) is 38.8. The molecule has 160 valence electrons. The van der Waals surface area contributed by atoms with E-state index in [1.54, 1.807) is 0 Å². The molecule has 1 aromatic carbocycles. The first-order valence-corrected chi connectivity index (χ1v) is 10.6. The number of hydrogen-bond donors (Lipinski definition) is 2. The molecule has 1 heterocycles. The number of nitrogens with zero attached hydrogens (tertiary/aromatic N) is 3. The normalized spacial score (nSPS) is 26.6. The highest BCUT2D eigenvalue weighted by Gasteiger charge is 2.58. The number of likely N-dealkylation sites (N-methyl/N-ethyl adjacent to an activating group) is 1. The molecule has 1 aliphatic carbocycles. The maximum atomic E-state index is 10.2. The Morgan fingerprint density at radius 2 is 1.94 bits per heavy atom. The van der Waals surface area contributed by atoms with Crippen LogP contribution in [0.25, 0.3) is 0 Å². The van der Waals surface area contributed by atoms with Gasteiger partial charge in [-0.1, -0.05) is 6.07 Å². The molecule has 2 aliphatic rings. The standard InChI is InChI=1S/C24H27N5O2/c1-5-30-21-10-16(6-7-20(21)31-15(2)3)22-19-12-29(4)9-8-17(19)18(11-25)23(28)24(22,13-26)14-27/h6-8,10,15,18-19,22,28H,5,9,12H2,1-4H3/p+1/t18-,19-,22+/m1/s1. The molecule has 1 aromatic rings. The molecular formula is C24H28N5O2+. The highest BCUT2D eigenvalue weighted by molar-refractivity contribution is 6.00. The molecule has 1 unspecified atom stereocenters. The first kappa shape index (κ1) is 22.3. The molecule has 4 atom stereocenters. The minimum atomic E-state index is -1.72. The zero-order valence-electron chi connectivity index (χ0n) is 18.4. The highest BCUT2D eigenvalue weighted by atomic mass is 16.5. The lowest BCUT2D eigenvalue weighted by molar-refractivity contribution is -0.878. The molecule has 0 radical (unpaired) electrons. The van der Waals surface area contributed by atoms with Crippen molar-refractivity contribution in [2.24, 2.45) is 17.3 Å². The van der Waals surface area contributed by atoms with Crippen molar-refractivity contribution in [1.29, 1.82) is 21.2 Å². The van der Waals surface area contributed by atoms with Crippen LogP contribution < -0.4 is 14.4 Å². The molecule has 0 spiro atoms. The van der Waals surface area contributed by atoms with Crippen LogP contribution >= 0.6 is 0 Å². The fraction of sp³-hybridized carbons (Fsp3) is 0.500. The van der Waals surface area contributed by atoms with E-state index in [9.17, 15) is 15.8 Å². The highest BCUT2D eigenvalue weighted by Crippen LogP contribution is 2.53. The van der Waals surface area contributed by atoms with Crippen molar-refractivity contribution in [3.05, 3.63) is 35.4 Å². The summed E-state index contributed by atoms with van der Waals surface area (Å²) in [7, 11) is 2.05. The van der Waals surface area contributed by atoms with Crippen LogP contribution in [-0.2, 0) is 0 Å². The van der Waals surface area contributed by atoms with Crippen LogP contribution in [0.15, 0.2) is 29.8 Å². The zero-order valence-corrected chi connectivity index (χ0v) is 18.4. The number of fused-ring (bicyclic) bond motifs is 1. The summed E-state index contributed by atoms with van der Waals surface area (Å²) in [5.41, 5.74) is -0.254. The number of ether oxygens (including phenoxy) is 2. The average molecular weight is 419 g/mol. The molecule has 1 aliphatic heterocycles. The minimum absolute atomic E-state index is 0.0354. The van der Waals surface area contributed by atoms with E-state index < -0.39 is 17.3 Å². The maximum absolute atomic E-state index is 10.2. The Kier molecular flexibility index (Phi) is 6.34. The molecule has 1 fully saturated rings. The fourth-order valence-corrected chi connectivity index (χ4v) is 4.77. The zero-order chi connectivity index (χ0) is 22.8.